The normalized spacial score (nSPS) is 22.0. The van der Waals surface area contributed by atoms with Gasteiger partial charge in [-0.25, -0.2) is 0 Å². The van der Waals surface area contributed by atoms with E-state index in [0.717, 1.165) is 6.54 Å². The Labute approximate surface area is 79.3 Å². The van der Waals surface area contributed by atoms with E-state index in [-0.39, 0.29) is 0 Å². The molecule has 2 rings (SSSR count). The van der Waals surface area contributed by atoms with E-state index in [4.69, 9.17) is 0 Å². The third kappa shape index (κ3) is 2.54. The first-order chi connectivity index (χ1) is 6.45. The number of nitrogens with one attached hydrogen (secondary N) is 2. The van der Waals surface area contributed by atoms with Crippen LogP contribution in [0.15, 0.2) is 30.3 Å². The van der Waals surface area contributed by atoms with Gasteiger partial charge in [0.15, 0.2) is 0 Å². The lowest BCUT2D eigenvalue weighted by atomic mass is 10.0. The maximum atomic E-state index is 3.28. The van der Waals surface area contributed by atoms with Crippen molar-refractivity contribution in [2.24, 2.45) is 0 Å². The molecule has 1 aliphatic rings. The molecule has 0 saturated carbocycles. The average molecular weight is 176 g/mol. The van der Waals surface area contributed by atoms with Gasteiger partial charge in [0.1, 0.15) is 0 Å². The van der Waals surface area contributed by atoms with Gasteiger partial charge >= 0.3 is 0 Å². The molecule has 1 aromatic rings. The van der Waals surface area contributed by atoms with Crippen molar-refractivity contribution < 1.29 is 0 Å². The molecule has 1 unspecified atom stereocenters. The molecule has 1 aliphatic heterocycles. The standard InChI is InChI=1S/C11H16N2/c1-2-4-10(5-3-1)6-7-11-8-9-12-13-11/h1-5,11-13H,6-9H2. The second-order valence-electron chi connectivity index (χ2n) is 3.58. The molecule has 0 bridgehead atoms. The van der Waals surface area contributed by atoms with Gasteiger partial charge in [0.2, 0.25) is 0 Å². The maximum absolute atomic E-state index is 3.28. The Hall–Kier alpha value is -0.860. The van der Waals surface area contributed by atoms with Gasteiger partial charge in [-0.05, 0) is 24.8 Å². The summed E-state index contributed by atoms with van der Waals surface area (Å²) >= 11 is 0. The van der Waals surface area contributed by atoms with Crippen LogP contribution in [0.4, 0.5) is 0 Å². The first kappa shape index (κ1) is 8.73. The van der Waals surface area contributed by atoms with Crippen LogP contribution in [-0.4, -0.2) is 12.6 Å². The third-order valence-electron chi connectivity index (χ3n) is 2.55. The minimum Gasteiger partial charge on any atom is -0.258 e. The lowest BCUT2D eigenvalue weighted by Crippen LogP contribution is -2.30. The zero-order chi connectivity index (χ0) is 8.93. The molecule has 13 heavy (non-hydrogen) atoms. The predicted octanol–water partition coefficient (Wildman–Crippen LogP) is 1.49. The van der Waals surface area contributed by atoms with Gasteiger partial charge in [-0.1, -0.05) is 30.3 Å². The molecule has 1 saturated heterocycles. The van der Waals surface area contributed by atoms with Crippen LogP contribution < -0.4 is 10.9 Å². The predicted molar refractivity (Wildman–Crippen MR) is 54.3 cm³/mol. The highest BCUT2D eigenvalue weighted by Crippen LogP contribution is 2.08. The molecule has 2 N–H and O–H groups in total. The minimum atomic E-state index is 0.667. The van der Waals surface area contributed by atoms with Crippen LogP contribution in [0.2, 0.25) is 0 Å². The van der Waals surface area contributed by atoms with Gasteiger partial charge in [-0.2, -0.15) is 0 Å². The second-order valence-corrected chi connectivity index (χ2v) is 3.58. The van der Waals surface area contributed by atoms with Crippen LogP contribution >= 0.6 is 0 Å². The molecule has 0 aromatic heterocycles. The number of aryl methyl sites for hydroxylation is 1. The Bertz CT molecular complexity index is 240. The van der Waals surface area contributed by atoms with Crippen molar-refractivity contribution in [1.82, 2.24) is 10.9 Å². The van der Waals surface area contributed by atoms with Crippen molar-refractivity contribution >= 4 is 0 Å². The topological polar surface area (TPSA) is 24.1 Å². The van der Waals surface area contributed by atoms with E-state index in [1.54, 1.807) is 0 Å². The molecule has 1 atom stereocenters. The Morgan fingerprint density at radius 2 is 2.08 bits per heavy atom. The molecule has 2 heteroatoms. The Kier molecular flexibility index (Phi) is 2.95. The van der Waals surface area contributed by atoms with Crippen molar-refractivity contribution in [3.05, 3.63) is 35.9 Å². The van der Waals surface area contributed by atoms with E-state index < -0.39 is 0 Å². The molecule has 0 radical (unpaired) electrons. The van der Waals surface area contributed by atoms with E-state index in [2.05, 4.69) is 41.2 Å². The van der Waals surface area contributed by atoms with E-state index in [9.17, 15) is 0 Å². The lowest BCUT2D eigenvalue weighted by Gasteiger charge is -2.08. The fraction of sp³-hybridized carbons (Fsp3) is 0.455. The van der Waals surface area contributed by atoms with Crippen LogP contribution in [0.25, 0.3) is 0 Å². The first-order valence-corrected chi connectivity index (χ1v) is 4.97. The van der Waals surface area contributed by atoms with E-state index in [1.807, 2.05) is 0 Å². The molecule has 0 aliphatic carbocycles. The molecule has 0 amide bonds. The van der Waals surface area contributed by atoms with Gasteiger partial charge in [-0.15, -0.1) is 0 Å². The van der Waals surface area contributed by atoms with Gasteiger partial charge in [0.05, 0.1) is 0 Å². The Morgan fingerprint density at radius 1 is 1.23 bits per heavy atom. The summed E-state index contributed by atoms with van der Waals surface area (Å²) in [4.78, 5) is 0. The molecule has 1 fully saturated rings. The van der Waals surface area contributed by atoms with Crippen LogP contribution in [0, 0.1) is 0 Å². The second kappa shape index (κ2) is 4.40. The van der Waals surface area contributed by atoms with Crippen molar-refractivity contribution in [3.8, 4) is 0 Å². The fourth-order valence-corrected chi connectivity index (χ4v) is 1.74. The number of hydrogen-bond acceptors (Lipinski definition) is 2. The summed E-state index contributed by atoms with van der Waals surface area (Å²) in [6.45, 7) is 1.11. The fourth-order valence-electron chi connectivity index (χ4n) is 1.74. The van der Waals surface area contributed by atoms with Crippen molar-refractivity contribution in [3.63, 3.8) is 0 Å². The first-order valence-electron chi connectivity index (χ1n) is 4.97. The van der Waals surface area contributed by atoms with Gasteiger partial charge in [-0.3, -0.25) is 10.9 Å². The molecular formula is C11H16N2. The SMILES string of the molecule is c1ccc(CCC2CCNN2)cc1. The van der Waals surface area contributed by atoms with Crippen LogP contribution in [0.3, 0.4) is 0 Å². The number of rotatable bonds is 3. The number of hydrogen-bond donors (Lipinski definition) is 2. The van der Waals surface area contributed by atoms with Gasteiger partial charge < -0.3 is 0 Å². The summed E-state index contributed by atoms with van der Waals surface area (Å²) in [5.74, 6) is 0. The van der Waals surface area contributed by atoms with Gasteiger partial charge in [0.25, 0.3) is 0 Å². The molecule has 1 aromatic carbocycles. The molecular weight excluding hydrogens is 160 g/mol. The summed E-state index contributed by atoms with van der Waals surface area (Å²) in [5, 5.41) is 0. The van der Waals surface area contributed by atoms with E-state index >= 15 is 0 Å². The highest BCUT2D eigenvalue weighted by atomic mass is 15.4. The lowest BCUT2D eigenvalue weighted by molar-refractivity contribution is 0.521. The quantitative estimate of drug-likeness (QED) is 0.729. The smallest absolute Gasteiger partial charge is 0.0228 e. The highest BCUT2D eigenvalue weighted by molar-refractivity contribution is 5.14. The number of hydrazine groups is 1. The molecule has 2 nitrogen and oxygen atoms in total. The van der Waals surface area contributed by atoms with Crippen molar-refractivity contribution in [2.45, 2.75) is 25.3 Å². The van der Waals surface area contributed by atoms with Crippen LogP contribution in [-0.2, 0) is 6.42 Å². The summed E-state index contributed by atoms with van der Waals surface area (Å²) in [6.07, 6.45) is 3.67. The third-order valence-corrected chi connectivity index (χ3v) is 2.55. The Balaban J connectivity index is 1.79. The zero-order valence-electron chi connectivity index (χ0n) is 7.79. The average Bonchev–Trinajstić information content (AvgIpc) is 2.69. The molecule has 0 spiro atoms. The molecule has 70 valence electrons. The Morgan fingerprint density at radius 3 is 2.77 bits per heavy atom. The summed E-state index contributed by atoms with van der Waals surface area (Å²) in [6, 6.07) is 11.3. The highest BCUT2D eigenvalue weighted by Gasteiger charge is 2.12. The summed E-state index contributed by atoms with van der Waals surface area (Å²) in [7, 11) is 0. The summed E-state index contributed by atoms with van der Waals surface area (Å²) in [5.41, 5.74) is 7.88. The van der Waals surface area contributed by atoms with Crippen molar-refractivity contribution in [1.29, 1.82) is 0 Å². The monoisotopic (exact) mass is 176 g/mol. The van der Waals surface area contributed by atoms with Crippen molar-refractivity contribution in [2.75, 3.05) is 6.54 Å². The minimum absolute atomic E-state index is 0.667. The van der Waals surface area contributed by atoms with Crippen LogP contribution in [0.1, 0.15) is 18.4 Å². The largest absolute Gasteiger partial charge is 0.258 e. The number of benzene rings is 1. The maximum Gasteiger partial charge on any atom is 0.0228 e. The molecule has 1 heterocycles. The van der Waals surface area contributed by atoms with E-state index in [1.165, 1.54) is 24.8 Å². The zero-order valence-corrected chi connectivity index (χ0v) is 7.79. The van der Waals surface area contributed by atoms with Gasteiger partial charge in [0, 0.05) is 12.6 Å². The van der Waals surface area contributed by atoms with E-state index in [0.29, 0.717) is 6.04 Å². The summed E-state index contributed by atoms with van der Waals surface area (Å²) < 4.78 is 0. The van der Waals surface area contributed by atoms with Crippen LogP contribution in [0.5, 0.6) is 0 Å².